The molecule has 112 valence electrons. The number of amides is 1. The van der Waals surface area contributed by atoms with E-state index in [1.54, 1.807) is 6.07 Å². The summed E-state index contributed by atoms with van der Waals surface area (Å²) in [6.07, 6.45) is 0. The molecule has 2 N–H and O–H groups in total. The van der Waals surface area contributed by atoms with Crippen LogP contribution in [0.4, 0.5) is 0 Å². The number of nitriles is 1. The maximum absolute atomic E-state index is 11.4. The van der Waals surface area contributed by atoms with Gasteiger partial charge >= 0.3 is 5.97 Å². The van der Waals surface area contributed by atoms with Crippen LogP contribution >= 0.6 is 10.7 Å². The van der Waals surface area contributed by atoms with E-state index < -0.39 is 32.4 Å². The highest BCUT2D eigenvalue weighted by Crippen LogP contribution is 2.28. The van der Waals surface area contributed by atoms with Crippen molar-refractivity contribution in [2.45, 2.75) is 4.90 Å². The lowest BCUT2D eigenvalue weighted by atomic mass is 10.2. The van der Waals surface area contributed by atoms with Gasteiger partial charge in [0.25, 0.3) is 15.0 Å². The third kappa shape index (κ3) is 4.94. The van der Waals surface area contributed by atoms with Gasteiger partial charge in [0.05, 0.1) is 11.6 Å². The van der Waals surface area contributed by atoms with E-state index >= 15 is 0 Å². The van der Waals surface area contributed by atoms with Crippen LogP contribution in [0, 0.1) is 11.3 Å². The monoisotopic (exact) mass is 332 g/mol. The average Bonchev–Trinajstić information content (AvgIpc) is 2.41. The first-order chi connectivity index (χ1) is 9.75. The van der Waals surface area contributed by atoms with Crippen molar-refractivity contribution >= 4 is 31.6 Å². The quantitative estimate of drug-likeness (QED) is 0.566. The average molecular weight is 333 g/mol. The van der Waals surface area contributed by atoms with Gasteiger partial charge in [0.1, 0.15) is 17.2 Å². The third-order valence-corrected chi connectivity index (χ3v) is 3.52. The molecule has 0 aliphatic carbocycles. The summed E-state index contributed by atoms with van der Waals surface area (Å²) in [5.74, 6) is -2.24. The molecule has 0 aromatic heterocycles. The number of hydrogen-bond donors (Lipinski definition) is 2. The number of aromatic carboxylic acids is 1. The van der Waals surface area contributed by atoms with E-state index in [-0.39, 0.29) is 17.9 Å². The van der Waals surface area contributed by atoms with Crippen LogP contribution in [0.2, 0.25) is 0 Å². The third-order valence-electron chi connectivity index (χ3n) is 2.18. The van der Waals surface area contributed by atoms with Crippen LogP contribution < -0.4 is 10.1 Å². The summed E-state index contributed by atoms with van der Waals surface area (Å²) in [6, 6.07) is 4.70. The molecule has 0 atom stereocenters. The maximum Gasteiger partial charge on any atom is 0.335 e. The van der Waals surface area contributed by atoms with Crippen LogP contribution in [0.1, 0.15) is 10.4 Å². The number of benzene rings is 1. The molecule has 0 saturated carbocycles. The molecule has 8 nitrogen and oxygen atoms in total. The number of carboxylic acid groups (broad SMARTS) is 1. The fourth-order valence-corrected chi connectivity index (χ4v) is 2.28. The molecule has 0 unspecified atom stereocenters. The normalized spacial score (nSPS) is 10.5. The Bertz CT molecular complexity index is 710. The van der Waals surface area contributed by atoms with E-state index in [0.29, 0.717) is 0 Å². The SMILES string of the molecule is N#CCNC(=O)COc1ccc(C(=O)O)cc1S(=O)(=O)Cl. The lowest BCUT2D eigenvalue weighted by molar-refractivity contribution is -0.122. The van der Waals surface area contributed by atoms with Gasteiger partial charge in [-0.2, -0.15) is 5.26 Å². The molecule has 0 aliphatic rings. The van der Waals surface area contributed by atoms with Crippen molar-refractivity contribution in [1.29, 1.82) is 5.26 Å². The smallest absolute Gasteiger partial charge is 0.335 e. The Morgan fingerprint density at radius 2 is 2.10 bits per heavy atom. The molecule has 0 saturated heterocycles. The minimum Gasteiger partial charge on any atom is -0.482 e. The number of carboxylic acids is 1. The van der Waals surface area contributed by atoms with E-state index in [4.69, 9.17) is 25.8 Å². The zero-order valence-electron chi connectivity index (χ0n) is 10.4. The topological polar surface area (TPSA) is 134 Å². The summed E-state index contributed by atoms with van der Waals surface area (Å²) in [5, 5.41) is 19.3. The fourth-order valence-electron chi connectivity index (χ4n) is 1.28. The van der Waals surface area contributed by atoms with Crippen LogP contribution in [0.5, 0.6) is 5.75 Å². The number of nitrogens with zero attached hydrogens (tertiary/aromatic N) is 1. The van der Waals surface area contributed by atoms with Crippen molar-refractivity contribution in [1.82, 2.24) is 5.32 Å². The van der Waals surface area contributed by atoms with Gasteiger partial charge < -0.3 is 15.2 Å². The standard InChI is InChI=1S/C11H9ClN2O6S/c12-21(18,19)9-5-7(11(16)17)1-2-8(9)20-6-10(15)14-4-3-13/h1-2,5H,4,6H2,(H,14,15)(H,16,17). The number of rotatable bonds is 6. The van der Waals surface area contributed by atoms with E-state index in [1.807, 2.05) is 0 Å². The maximum atomic E-state index is 11.4. The van der Waals surface area contributed by atoms with Gasteiger partial charge in [-0.25, -0.2) is 13.2 Å². The molecule has 0 fully saturated rings. The predicted molar refractivity (Wildman–Crippen MR) is 70.6 cm³/mol. The summed E-state index contributed by atoms with van der Waals surface area (Å²) in [5.41, 5.74) is -0.296. The number of nitrogens with one attached hydrogen (secondary N) is 1. The first kappa shape index (κ1) is 16.7. The van der Waals surface area contributed by atoms with Crippen molar-refractivity contribution in [3.05, 3.63) is 23.8 Å². The van der Waals surface area contributed by atoms with Crippen LogP contribution in [0.15, 0.2) is 23.1 Å². The molecule has 1 aromatic rings. The zero-order valence-corrected chi connectivity index (χ0v) is 11.9. The van der Waals surface area contributed by atoms with E-state index in [9.17, 15) is 18.0 Å². The molecule has 1 rings (SSSR count). The van der Waals surface area contributed by atoms with Gasteiger partial charge in [-0.05, 0) is 18.2 Å². The number of hydrogen-bond acceptors (Lipinski definition) is 6. The van der Waals surface area contributed by atoms with Crippen LogP contribution in [-0.2, 0) is 13.8 Å². The predicted octanol–water partition coefficient (Wildman–Crippen LogP) is 0.331. The van der Waals surface area contributed by atoms with Crippen LogP contribution in [0.25, 0.3) is 0 Å². The molecule has 1 aromatic carbocycles. The fraction of sp³-hybridized carbons (Fsp3) is 0.182. The minimum absolute atomic E-state index is 0.221. The van der Waals surface area contributed by atoms with Crippen molar-refractivity contribution in [2.24, 2.45) is 0 Å². The summed E-state index contributed by atoms with van der Waals surface area (Å²) < 4.78 is 27.8. The second-order valence-electron chi connectivity index (χ2n) is 3.63. The van der Waals surface area contributed by atoms with Crippen molar-refractivity contribution in [2.75, 3.05) is 13.2 Å². The molecule has 0 bridgehead atoms. The molecule has 10 heteroatoms. The Kier molecular flexibility index (Phi) is 5.52. The number of ether oxygens (including phenoxy) is 1. The molecule has 0 spiro atoms. The van der Waals surface area contributed by atoms with Crippen LogP contribution in [-0.4, -0.2) is 38.6 Å². The van der Waals surface area contributed by atoms with Crippen molar-refractivity contribution in [3.8, 4) is 11.8 Å². The second kappa shape index (κ2) is 6.92. The van der Waals surface area contributed by atoms with Gasteiger partial charge in [-0.15, -0.1) is 0 Å². The lowest BCUT2D eigenvalue weighted by Crippen LogP contribution is -2.29. The van der Waals surface area contributed by atoms with Crippen LogP contribution in [0.3, 0.4) is 0 Å². The summed E-state index contributed by atoms with van der Waals surface area (Å²) in [7, 11) is 0.940. The first-order valence-electron chi connectivity index (χ1n) is 5.34. The highest BCUT2D eigenvalue weighted by atomic mass is 35.7. The Labute approximate surface area is 124 Å². The second-order valence-corrected chi connectivity index (χ2v) is 6.16. The van der Waals surface area contributed by atoms with E-state index in [2.05, 4.69) is 5.32 Å². The molecular formula is C11H9ClN2O6S. The summed E-state index contributed by atoms with van der Waals surface area (Å²) in [4.78, 5) is 21.5. The molecule has 0 aliphatic heterocycles. The minimum atomic E-state index is -4.25. The van der Waals surface area contributed by atoms with Gasteiger partial charge in [-0.1, -0.05) is 0 Å². The lowest BCUT2D eigenvalue weighted by Gasteiger charge is -2.09. The van der Waals surface area contributed by atoms with Gasteiger partial charge in [-0.3, -0.25) is 4.79 Å². The van der Waals surface area contributed by atoms with Crippen molar-refractivity contribution < 1.29 is 27.9 Å². The molecule has 1 amide bonds. The Morgan fingerprint density at radius 3 is 2.62 bits per heavy atom. The number of carbonyl (C=O) groups is 2. The Balaban J connectivity index is 3.00. The first-order valence-corrected chi connectivity index (χ1v) is 7.65. The highest BCUT2D eigenvalue weighted by Gasteiger charge is 2.20. The largest absolute Gasteiger partial charge is 0.482 e. The van der Waals surface area contributed by atoms with E-state index in [0.717, 1.165) is 18.2 Å². The highest BCUT2D eigenvalue weighted by molar-refractivity contribution is 8.13. The van der Waals surface area contributed by atoms with E-state index in [1.165, 1.54) is 0 Å². The van der Waals surface area contributed by atoms with Gasteiger partial charge in [0.2, 0.25) is 0 Å². The summed E-state index contributed by atoms with van der Waals surface area (Å²) >= 11 is 0. The Morgan fingerprint density at radius 1 is 1.43 bits per heavy atom. The Hall–Kier alpha value is -2.31. The zero-order chi connectivity index (χ0) is 16.0. The number of halogens is 1. The molecule has 21 heavy (non-hydrogen) atoms. The van der Waals surface area contributed by atoms with Gasteiger partial charge in [0, 0.05) is 10.7 Å². The molecule has 0 radical (unpaired) electrons. The van der Waals surface area contributed by atoms with Gasteiger partial charge in [0.15, 0.2) is 6.61 Å². The summed E-state index contributed by atoms with van der Waals surface area (Å²) in [6.45, 7) is -0.770. The molecule has 0 heterocycles. The van der Waals surface area contributed by atoms with Crippen molar-refractivity contribution in [3.63, 3.8) is 0 Å². The molecular weight excluding hydrogens is 324 g/mol. The number of carbonyl (C=O) groups excluding carboxylic acids is 1.